The number of alkyl halides is 2. The van der Waals surface area contributed by atoms with Crippen LogP contribution in [0.1, 0.15) is 63.9 Å². The molecule has 1 aromatic carbocycles. The summed E-state index contributed by atoms with van der Waals surface area (Å²) in [5.41, 5.74) is 0.0166. The van der Waals surface area contributed by atoms with Gasteiger partial charge >= 0.3 is 0 Å². The van der Waals surface area contributed by atoms with Crippen molar-refractivity contribution in [3.63, 3.8) is 0 Å². The van der Waals surface area contributed by atoms with Gasteiger partial charge in [0, 0.05) is 42.5 Å². The van der Waals surface area contributed by atoms with E-state index in [1.54, 1.807) is 17.6 Å². The number of nitriles is 1. The number of aromatic nitrogens is 4. The number of aliphatic hydroxyl groups excluding tert-OH is 1. The first-order chi connectivity index (χ1) is 17.5. The van der Waals surface area contributed by atoms with Gasteiger partial charge in [0.15, 0.2) is 6.10 Å². The SMILES string of the molecule is Cc1c(C(O)C(=O)NC2(c3c[nH]nn3)CC(F)(F)C2)c2n(c1C(=O)Nc1ccc(F)c(C#N)c1)CCC2. The van der Waals surface area contributed by atoms with E-state index >= 15 is 0 Å². The minimum atomic E-state index is -3.00. The van der Waals surface area contributed by atoms with Gasteiger partial charge in [0.2, 0.25) is 0 Å². The van der Waals surface area contributed by atoms with Crippen molar-refractivity contribution in [1.82, 2.24) is 25.3 Å². The number of hydrogen-bond donors (Lipinski definition) is 4. The molecule has 2 aromatic heterocycles. The molecule has 0 spiro atoms. The Labute approximate surface area is 208 Å². The Balaban J connectivity index is 1.43. The van der Waals surface area contributed by atoms with Crippen molar-refractivity contribution in [2.24, 2.45) is 0 Å². The van der Waals surface area contributed by atoms with Crippen LogP contribution in [0.4, 0.5) is 18.9 Å². The number of benzene rings is 1. The van der Waals surface area contributed by atoms with Crippen molar-refractivity contribution < 1.29 is 27.9 Å². The van der Waals surface area contributed by atoms with Crippen LogP contribution in [0.25, 0.3) is 0 Å². The number of aromatic amines is 1. The quantitative estimate of drug-likeness (QED) is 0.398. The molecule has 1 fully saturated rings. The summed E-state index contributed by atoms with van der Waals surface area (Å²) in [6.07, 6.45) is -0.618. The molecule has 0 bridgehead atoms. The fraction of sp³-hybridized carbons (Fsp3) is 0.375. The molecule has 192 valence electrons. The highest BCUT2D eigenvalue weighted by atomic mass is 19.3. The minimum absolute atomic E-state index is 0.133. The Bertz CT molecular complexity index is 1430. The second kappa shape index (κ2) is 8.74. The molecule has 3 aromatic rings. The third-order valence-corrected chi connectivity index (χ3v) is 6.93. The van der Waals surface area contributed by atoms with E-state index in [4.69, 9.17) is 5.26 Å². The molecule has 1 atom stereocenters. The summed E-state index contributed by atoms with van der Waals surface area (Å²) < 4.78 is 43.0. The predicted octanol–water partition coefficient (Wildman–Crippen LogP) is 2.60. The van der Waals surface area contributed by atoms with E-state index in [9.17, 15) is 27.9 Å². The number of hydrogen-bond acceptors (Lipinski definition) is 6. The Morgan fingerprint density at radius 2 is 2.08 bits per heavy atom. The molecule has 2 amide bonds. The molecule has 2 aliphatic rings. The molecule has 1 aliphatic carbocycles. The van der Waals surface area contributed by atoms with Crippen molar-refractivity contribution in [3.05, 3.63) is 64.0 Å². The van der Waals surface area contributed by atoms with Crippen LogP contribution in [0.5, 0.6) is 0 Å². The van der Waals surface area contributed by atoms with Crippen LogP contribution < -0.4 is 10.6 Å². The van der Waals surface area contributed by atoms with Gasteiger partial charge in [-0.3, -0.25) is 14.7 Å². The van der Waals surface area contributed by atoms with E-state index in [1.807, 2.05) is 0 Å². The highest BCUT2D eigenvalue weighted by molar-refractivity contribution is 6.05. The first-order valence-corrected chi connectivity index (χ1v) is 11.5. The number of nitrogens with one attached hydrogen (secondary N) is 3. The summed E-state index contributed by atoms with van der Waals surface area (Å²) in [6.45, 7) is 2.05. The van der Waals surface area contributed by atoms with Crippen molar-refractivity contribution in [3.8, 4) is 6.07 Å². The highest BCUT2D eigenvalue weighted by Crippen LogP contribution is 2.51. The molecule has 10 nitrogen and oxygen atoms in total. The van der Waals surface area contributed by atoms with Gasteiger partial charge in [-0.2, -0.15) is 5.26 Å². The molecule has 5 rings (SSSR count). The largest absolute Gasteiger partial charge is 0.378 e. The molecule has 0 saturated heterocycles. The van der Waals surface area contributed by atoms with Gasteiger partial charge in [-0.1, -0.05) is 5.21 Å². The maximum absolute atomic E-state index is 13.8. The van der Waals surface area contributed by atoms with Crippen molar-refractivity contribution in [1.29, 1.82) is 5.26 Å². The summed E-state index contributed by atoms with van der Waals surface area (Å²) in [7, 11) is 0. The summed E-state index contributed by atoms with van der Waals surface area (Å²) >= 11 is 0. The molecular weight excluding hydrogens is 491 g/mol. The smallest absolute Gasteiger partial charge is 0.272 e. The van der Waals surface area contributed by atoms with E-state index in [0.717, 1.165) is 6.07 Å². The van der Waals surface area contributed by atoms with Crippen LogP contribution >= 0.6 is 0 Å². The normalized spacial score (nSPS) is 17.8. The number of nitrogens with zero attached hydrogens (tertiary/aromatic N) is 4. The summed E-state index contributed by atoms with van der Waals surface area (Å²) in [5.74, 6) is -5.18. The monoisotopic (exact) mass is 513 g/mol. The lowest BCUT2D eigenvalue weighted by Crippen LogP contribution is -2.60. The summed E-state index contributed by atoms with van der Waals surface area (Å²) in [4.78, 5) is 26.3. The number of fused-ring (bicyclic) bond motifs is 1. The van der Waals surface area contributed by atoms with Gasteiger partial charge < -0.3 is 20.3 Å². The maximum Gasteiger partial charge on any atom is 0.272 e. The first kappa shape index (κ1) is 24.5. The fourth-order valence-electron chi connectivity index (χ4n) is 5.32. The average Bonchev–Trinajstić information content (AvgIpc) is 3.56. The number of anilines is 1. The average molecular weight is 513 g/mol. The fourth-order valence-corrected chi connectivity index (χ4v) is 5.32. The van der Waals surface area contributed by atoms with Gasteiger partial charge in [-0.15, -0.1) is 5.10 Å². The van der Waals surface area contributed by atoms with Crippen LogP contribution in [-0.2, 0) is 23.3 Å². The van der Waals surface area contributed by atoms with Crippen molar-refractivity contribution >= 4 is 17.5 Å². The van der Waals surface area contributed by atoms with Gasteiger partial charge in [0.25, 0.3) is 17.7 Å². The number of carbonyl (C=O) groups is 2. The lowest BCUT2D eigenvalue weighted by Gasteiger charge is -2.46. The number of halogens is 3. The zero-order valence-corrected chi connectivity index (χ0v) is 19.6. The summed E-state index contributed by atoms with van der Waals surface area (Å²) in [5, 5.41) is 35.1. The van der Waals surface area contributed by atoms with Crippen molar-refractivity contribution in [2.75, 3.05) is 5.32 Å². The first-order valence-electron chi connectivity index (χ1n) is 11.5. The van der Waals surface area contributed by atoms with E-state index in [1.165, 1.54) is 18.3 Å². The molecular formula is C24H22F3N7O3. The summed E-state index contributed by atoms with van der Waals surface area (Å²) in [6, 6.07) is 5.30. The van der Waals surface area contributed by atoms with E-state index in [2.05, 4.69) is 26.0 Å². The minimum Gasteiger partial charge on any atom is -0.378 e. The number of H-pyrrole nitrogens is 1. The molecule has 1 unspecified atom stereocenters. The van der Waals surface area contributed by atoms with Crippen LogP contribution in [0, 0.1) is 24.1 Å². The van der Waals surface area contributed by atoms with Crippen LogP contribution in [0.3, 0.4) is 0 Å². The second-order valence-corrected chi connectivity index (χ2v) is 9.39. The number of amides is 2. The maximum atomic E-state index is 13.8. The van der Waals surface area contributed by atoms with E-state index < -0.39 is 48.0 Å². The topological polar surface area (TPSA) is 149 Å². The molecule has 1 aliphatic heterocycles. The van der Waals surface area contributed by atoms with Crippen LogP contribution in [0.2, 0.25) is 0 Å². The third kappa shape index (κ3) is 4.13. The number of carbonyl (C=O) groups excluding carboxylic acids is 2. The van der Waals surface area contributed by atoms with Crippen molar-refractivity contribution in [2.45, 2.75) is 56.7 Å². The van der Waals surface area contributed by atoms with Gasteiger partial charge in [0.1, 0.15) is 23.3 Å². The Hall–Kier alpha value is -4.18. The number of aliphatic hydroxyl groups is 1. The van der Waals surface area contributed by atoms with E-state index in [-0.39, 0.29) is 28.2 Å². The van der Waals surface area contributed by atoms with E-state index in [0.29, 0.717) is 30.6 Å². The zero-order chi connectivity index (χ0) is 26.5. The molecule has 3 heterocycles. The Morgan fingerprint density at radius 1 is 1.32 bits per heavy atom. The molecule has 13 heteroatoms. The lowest BCUT2D eigenvalue weighted by atomic mass is 9.71. The third-order valence-electron chi connectivity index (χ3n) is 6.93. The predicted molar refractivity (Wildman–Crippen MR) is 122 cm³/mol. The van der Waals surface area contributed by atoms with Gasteiger partial charge in [0.05, 0.1) is 11.1 Å². The van der Waals surface area contributed by atoms with Crippen LogP contribution in [0.15, 0.2) is 24.4 Å². The Morgan fingerprint density at radius 3 is 2.73 bits per heavy atom. The zero-order valence-electron chi connectivity index (χ0n) is 19.6. The Kier molecular flexibility index (Phi) is 5.79. The van der Waals surface area contributed by atoms with Gasteiger partial charge in [-0.05, 0) is 43.5 Å². The van der Waals surface area contributed by atoms with Crippen LogP contribution in [-0.4, -0.2) is 42.8 Å². The van der Waals surface area contributed by atoms with Gasteiger partial charge in [-0.25, -0.2) is 13.2 Å². The highest BCUT2D eigenvalue weighted by Gasteiger charge is 2.60. The standard InChI is InChI=1S/C24H22F3N7O3/c1-12-18(20(35)22(37)31-23(10-24(26,27)11-23)17-9-29-33-32-17)16-3-2-6-34(16)19(12)21(36)30-14-4-5-15(25)13(7-14)8-28/h4-5,7,9,20,35H,2-3,6,10-11H2,1H3,(H,30,36)(H,31,37)(H,29,32,33). The second-order valence-electron chi connectivity index (χ2n) is 9.39. The lowest BCUT2D eigenvalue weighted by molar-refractivity contribution is -0.155. The molecule has 37 heavy (non-hydrogen) atoms. The molecule has 0 radical (unpaired) electrons. The number of rotatable bonds is 6. The molecule has 1 saturated carbocycles. The molecule has 4 N–H and O–H groups in total.